The van der Waals surface area contributed by atoms with Gasteiger partial charge in [0.2, 0.25) is 0 Å². The zero-order valence-electron chi connectivity index (χ0n) is 13.4. The van der Waals surface area contributed by atoms with Gasteiger partial charge in [-0.25, -0.2) is 0 Å². The summed E-state index contributed by atoms with van der Waals surface area (Å²) in [4.78, 5) is 4.85. The largest absolute Gasteiger partial charge is 0.388 e. The van der Waals surface area contributed by atoms with E-state index in [1.807, 2.05) is 6.92 Å². The molecule has 4 nitrogen and oxygen atoms in total. The molecule has 1 rings (SSSR count). The minimum atomic E-state index is -0.652. The van der Waals surface area contributed by atoms with Crippen molar-refractivity contribution < 1.29 is 5.11 Å². The molecule has 2 N–H and O–H groups in total. The van der Waals surface area contributed by atoms with Crippen LogP contribution in [-0.2, 0) is 0 Å². The summed E-state index contributed by atoms with van der Waals surface area (Å²) in [6.07, 6.45) is 2.44. The van der Waals surface area contributed by atoms with Crippen LogP contribution in [0.5, 0.6) is 0 Å². The lowest BCUT2D eigenvalue weighted by Gasteiger charge is -2.39. The highest BCUT2D eigenvalue weighted by Gasteiger charge is 2.28. The first-order valence-electron chi connectivity index (χ1n) is 7.72. The maximum Gasteiger partial charge on any atom is 0.0869 e. The van der Waals surface area contributed by atoms with Crippen molar-refractivity contribution in [1.29, 1.82) is 0 Å². The predicted molar refractivity (Wildman–Crippen MR) is 81.5 cm³/mol. The monoisotopic (exact) mass is 271 g/mol. The molecule has 1 heterocycles. The Morgan fingerprint density at radius 2 is 1.95 bits per heavy atom. The highest BCUT2D eigenvalue weighted by Crippen LogP contribution is 2.17. The first-order valence-corrected chi connectivity index (χ1v) is 7.72. The standard InChI is InChI=1S/C15H33N3O/c1-6-18-9-7-14(8-10-18)17(5)12-15(4,19)11-16-13(2)3/h13-14,16,19H,6-12H2,1-5H3. The van der Waals surface area contributed by atoms with Crippen LogP contribution in [0, 0.1) is 0 Å². The summed E-state index contributed by atoms with van der Waals surface area (Å²) in [6.45, 7) is 13.3. The van der Waals surface area contributed by atoms with Gasteiger partial charge in [-0.1, -0.05) is 20.8 Å². The van der Waals surface area contributed by atoms with Crippen LogP contribution < -0.4 is 5.32 Å². The molecule has 0 spiro atoms. The van der Waals surface area contributed by atoms with Crippen LogP contribution in [0.15, 0.2) is 0 Å². The molecule has 114 valence electrons. The van der Waals surface area contributed by atoms with E-state index in [0.717, 1.165) is 13.1 Å². The van der Waals surface area contributed by atoms with Gasteiger partial charge in [0.25, 0.3) is 0 Å². The van der Waals surface area contributed by atoms with Crippen LogP contribution in [0.25, 0.3) is 0 Å². The molecule has 0 aromatic heterocycles. The normalized spacial score (nSPS) is 22.1. The van der Waals surface area contributed by atoms with E-state index < -0.39 is 5.60 Å². The lowest BCUT2D eigenvalue weighted by Crippen LogP contribution is -2.52. The van der Waals surface area contributed by atoms with E-state index in [-0.39, 0.29) is 0 Å². The van der Waals surface area contributed by atoms with E-state index in [4.69, 9.17) is 0 Å². The average molecular weight is 271 g/mol. The van der Waals surface area contributed by atoms with Crippen LogP contribution >= 0.6 is 0 Å². The quantitative estimate of drug-likeness (QED) is 0.729. The molecular weight excluding hydrogens is 238 g/mol. The molecule has 1 atom stereocenters. The Labute approximate surface area is 119 Å². The summed E-state index contributed by atoms with van der Waals surface area (Å²) in [5, 5.41) is 13.8. The van der Waals surface area contributed by atoms with Crippen molar-refractivity contribution in [3.8, 4) is 0 Å². The zero-order chi connectivity index (χ0) is 14.5. The maximum atomic E-state index is 10.4. The average Bonchev–Trinajstić information content (AvgIpc) is 2.36. The zero-order valence-corrected chi connectivity index (χ0v) is 13.4. The molecule has 1 aliphatic rings. The van der Waals surface area contributed by atoms with Gasteiger partial charge in [0, 0.05) is 25.2 Å². The van der Waals surface area contributed by atoms with Crippen molar-refractivity contribution in [3.05, 3.63) is 0 Å². The predicted octanol–water partition coefficient (Wildman–Crippen LogP) is 1.15. The van der Waals surface area contributed by atoms with Crippen molar-refractivity contribution in [2.24, 2.45) is 0 Å². The van der Waals surface area contributed by atoms with E-state index >= 15 is 0 Å². The van der Waals surface area contributed by atoms with Gasteiger partial charge >= 0.3 is 0 Å². The van der Waals surface area contributed by atoms with Gasteiger partial charge in [0.15, 0.2) is 0 Å². The van der Waals surface area contributed by atoms with Gasteiger partial charge < -0.3 is 20.2 Å². The van der Waals surface area contributed by atoms with Crippen molar-refractivity contribution in [3.63, 3.8) is 0 Å². The number of likely N-dealkylation sites (N-methyl/N-ethyl adjacent to an activating group) is 1. The Hall–Kier alpha value is -0.160. The second-order valence-corrected chi connectivity index (χ2v) is 6.61. The molecule has 1 saturated heterocycles. The molecule has 0 aromatic carbocycles. The Morgan fingerprint density at radius 3 is 2.42 bits per heavy atom. The summed E-state index contributed by atoms with van der Waals surface area (Å²) >= 11 is 0. The third kappa shape index (κ3) is 6.21. The molecule has 19 heavy (non-hydrogen) atoms. The fraction of sp³-hybridized carbons (Fsp3) is 1.00. The van der Waals surface area contributed by atoms with Crippen LogP contribution in [0.1, 0.15) is 40.5 Å². The second kappa shape index (κ2) is 7.58. The molecule has 0 bridgehead atoms. The Morgan fingerprint density at radius 1 is 1.37 bits per heavy atom. The van der Waals surface area contributed by atoms with Crippen LogP contribution in [0.4, 0.5) is 0 Å². The highest BCUT2D eigenvalue weighted by atomic mass is 16.3. The molecule has 1 fully saturated rings. The van der Waals surface area contributed by atoms with Gasteiger partial charge in [0.1, 0.15) is 0 Å². The fourth-order valence-electron chi connectivity index (χ4n) is 2.82. The molecule has 0 amide bonds. The molecule has 4 heteroatoms. The number of nitrogens with one attached hydrogen (secondary N) is 1. The summed E-state index contributed by atoms with van der Waals surface area (Å²) < 4.78 is 0. The molecular formula is C15H33N3O. The third-order valence-corrected chi connectivity index (χ3v) is 4.11. The van der Waals surface area contributed by atoms with Gasteiger partial charge in [0.05, 0.1) is 5.60 Å². The van der Waals surface area contributed by atoms with Crippen molar-refractivity contribution in [1.82, 2.24) is 15.1 Å². The van der Waals surface area contributed by atoms with Gasteiger partial charge in [-0.2, -0.15) is 0 Å². The van der Waals surface area contributed by atoms with Crippen LogP contribution in [0.3, 0.4) is 0 Å². The Bertz CT molecular complexity index is 248. The van der Waals surface area contributed by atoms with E-state index in [2.05, 4.69) is 42.9 Å². The summed E-state index contributed by atoms with van der Waals surface area (Å²) in [5.41, 5.74) is -0.652. The minimum absolute atomic E-state index is 0.421. The lowest BCUT2D eigenvalue weighted by atomic mass is 10.00. The Balaban J connectivity index is 2.35. The molecule has 0 radical (unpaired) electrons. The Kier molecular flexibility index (Phi) is 6.74. The summed E-state index contributed by atoms with van der Waals surface area (Å²) in [5.74, 6) is 0. The first kappa shape index (κ1) is 16.9. The number of piperidine rings is 1. The smallest absolute Gasteiger partial charge is 0.0869 e. The minimum Gasteiger partial charge on any atom is -0.388 e. The number of rotatable bonds is 7. The number of hydrogen-bond acceptors (Lipinski definition) is 4. The lowest BCUT2D eigenvalue weighted by molar-refractivity contribution is 0.00486. The third-order valence-electron chi connectivity index (χ3n) is 4.11. The second-order valence-electron chi connectivity index (χ2n) is 6.61. The highest BCUT2D eigenvalue weighted by molar-refractivity contribution is 4.85. The molecule has 0 saturated carbocycles. The van der Waals surface area contributed by atoms with Gasteiger partial charge in [-0.3, -0.25) is 0 Å². The topological polar surface area (TPSA) is 38.7 Å². The maximum absolute atomic E-state index is 10.4. The number of aliphatic hydroxyl groups is 1. The molecule has 1 unspecified atom stereocenters. The molecule has 1 aliphatic heterocycles. The van der Waals surface area contributed by atoms with Crippen molar-refractivity contribution in [2.75, 3.05) is 39.8 Å². The molecule has 0 aliphatic carbocycles. The summed E-state index contributed by atoms with van der Waals surface area (Å²) in [7, 11) is 2.15. The van der Waals surface area contributed by atoms with Crippen LogP contribution in [-0.4, -0.2) is 72.4 Å². The number of likely N-dealkylation sites (tertiary alicyclic amines) is 1. The SMILES string of the molecule is CCN1CCC(N(C)CC(C)(O)CNC(C)C)CC1. The number of nitrogens with zero attached hydrogens (tertiary/aromatic N) is 2. The van der Waals surface area contributed by atoms with Gasteiger partial charge in [-0.15, -0.1) is 0 Å². The summed E-state index contributed by atoms with van der Waals surface area (Å²) in [6, 6.07) is 1.04. The van der Waals surface area contributed by atoms with E-state index in [1.165, 1.54) is 25.9 Å². The van der Waals surface area contributed by atoms with E-state index in [1.54, 1.807) is 0 Å². The fourth-order valence-corrected chi connectivity index (χ4v) is 2.82. The van der Waals surface area contributed by atoms with Crippen molar-refractivity contribution >= 4 is 0 Å². The molecule has 0 aromatic rings. The van der Waals surface area contributed by atoms with Crippen molar-refractivity contribution in [2.45, 2.75) is 58.2 Å². The number of hydrogen-bond donors (Lipinski definition) is 2. The first-order chi connectivity index (χ1) is 8.84. The van der Waals surface area contributed by atoms with Gasteiger partial charge in [-0.05, 0) is 46.4 Å². The van der Waals surface area contributed by atoms with E-state index in [9.17, 15) is 5.11 Å². The van der Waals surface area contributed by atoms with Crippen LogP contribution in [0.2, 0.25) is 0 Å². The van der Waals surface area contributed by atoms with E-state index in [0.29, 0.717) is 18.6 Å².